The molecule has 0 unspecified atom stereocenters. The summed E-state index contributed by atoms with van der Waals surface area (Å²) in [7, 11) is 0. The van der Waals surface area contributed by atoms with Gasteiger partial charge in [0.2, 0.25) is 0 Å². The van der Waals surface area contributed by atoms with Gasteiger partial charge in [0.1, 0.15) is 0 Å². The second kappa shape index (κ2) is 4.60. The molecule has 0 aliphatic carbocycles. The van der Waals surface area contributed by atoms with Gasteiger partial charge >= 0.3 is 5.97 Å². The third kappa shape index (κ3) is 2.69. The molecule has 0 saturated heterocycles. The summed E-state index contributed by atoms with van der Waals surface area (Å²) >= 11 is 2.23. The van der Waals surface area contributed by atoms with Crippen molar-refractivity contribution in [2.24, 2.45) is 0 Å². The van der Waals surface area contributed by atoms with Crippen LogP contribution in [0, 0.1) is 10.5 Å². The van der Waals surface area contributed by atoms with Gasteiger partial charge in [-0.25, -0.2) is 4.79 Å². The summed E-state index contributed by atoms with van der Waals surface area (Å²) in [5, 5.41) is 0. The van der Waals surface area contributed by atoms with Crippen molar-refractivity contribution in [1.29, 1.82) is 0 Å². The quantitative estimate of drug-likeness (QED) is 0.618. The minimum Gasteiger partial charge on any atom is -0.462 e. The Hall–Kier alpha value is -0.580. The summed E-state index contributed by atoms with van der Waals surface area (Å²) in [5.74, 6) is -0.248. The number of esters is 1. The number of hydrogen-bond acceptors (Lipinski definition) is 2. The van der Waals surface area contributed by atoms with Crippen LogP contribution in [-0.2, 0) is 4.74 Å². The Morgan fingerprint density at radius 1 is 1.54 bits per heavy atom. The number of hydrogen-bond donors (Lipinski definition) is 0. The van der Waals surface area contributed by atoms with Gasteiger partial charge in [0.15, 0.2) is 0 Å². The molecule has 1 aromatic rings. The highest BCUT2D eigenvalue weighted by Crippen LogP contribution is 2.13. The summed E-state index contributed by atoms with van der Waals surface area (Å²) in [6.07, 6.45) is 0. The van der Waals surface area contributed by atoms with Gasteiger partial charge in [-0.3, -0.25) is 0 Å². The van der Waals surface area contributed by atoms with E-state index in [9.17, 15) is 4.79 Å². The first-order valence-corrected chi connectivity index (χ1v) is 5.16. The van der Waals surface area contributed by atoms with Crippen molar-refractivity contribution in [3.8, 4) is 0 Å². The SMILES string of the molecule is CCOC(=O)c1ccc(I)c(C)c1. The number of rotatable bonds is 2. The van der Waals surface area contributed by atoms with E-state index in [1.54, 1.807) is 13.0 Å². The van der Waals surface area contributed by atoms with Crippen molar-refractivity contribution < 1.29 is 9.53 Å². The zero-order valence-electron chi connectivity index (χ0n) is 7.63. The Morgan fingerprint density at radius 2 is 2.23 bits per heavy atom. The number of ether oxygens (including phenoxy) is 1. The second-order valence-electron chi connectivity index (χ2n) is 2.68. The highest BCUT2D eigenvalue weighted by atomic mass is 127. The molecular weight excluding hydrogens is 279 g/mol. The van der Waals surface area contributed by atoms with Crippen molar-refractivity contribution in [2.75, 3.05) is 6.61 Å². The van der Waals surface area contributed by atoms with E-state index in [4.69, 9.17) is 4.74 Å². The van der Waals surface area contributed by atoms with Crippen LogP contribution >= 0.6 is 22.6 Å². The van der Waals surface area contributed by atoms with Crippen LogP contribution in [0.15, 0.2) is 18.2 Å². The summed E-state index contributed by atoms with van der Waals surface area (Å²) < 4.78 is 6.04. The lowest BCUT2D eigenvalue weighted by Crippen LogP contribution is -2.04. The highest BCUT2D eigenvalue weighted by molar-refractivity contribution is 14.1. The number of halogens is 1. The van der Waals surface area contributed by atoms with Gasteiger partial charge in [-0.05, 0) is 60.2 Å². The van der Waals surface area contributed by atoms with Crippen LogP contribution in [0.25, 0.3) is 0 Å². The average molecular weight is 290 g/mol. The van der Waals surface area contributed by atoms with Crippen molar-refractivity contribution in [3.05, 3.63) is 32.9 Å². The lowest BCUT2D eigenvalue weighted by molar-refractivity contribution is 0.0526. The lowest BCUT2D eigenvalue weighted by atomic mass is 10.1. The molecule has 0 fully saturated rings. The molecule has 0 saturated carbocycles. The number of carbonyl (C=O) groups is 1. The van der Waals surface area contributed by atoms with E-state index in [0.717, 1.165) is 9.13 Å². The summed E-state index contributed by atoms with van der Waals surface area (Å²) in [6.45, 7) is 4.20. The normalized spacial score (nSPS) is 9.77. The zero-order chi connectivity index (χ0) is 9.84. The Bertz CT molecular complexity index is 321. The largest absolute Gasteiger partial charge is 0.462 e. The van der Waals surface area contributed by atoms with E-state index in [2.05, 4.69) is 22.6 Å². The van der Waals surface area contributed by atoms with Gasteiger partial charge in [-0.15, -0.1) is 0 Å². The van der Waals surface area contributed by atoms with Gasteiger partial charge in [-0.2, -0.15) is 0 Å². The predicted molar refractivity (Wildman–Crippen MR) is 59.9 cm³/mol. The minimum atomic E-state index is -0.248. The van der Waals surface area contributed by atoms with Crippen LogP contribution in [0.2, 0.25) is 0 Å². The Morgan fingerprint density at radius 3 is 2.77 bits per heavy atom. The fourth-order valence-electron chi connectivity index (χ4n) is 0.986. The van der Waals surface area contributed by atoms with Crippen LogP contribution in [0.5, 0.6) is 0 Å². The van der Waals surface area contributed by atoms with E-state index < -0.39 is 0 Å². The van der Waals surface area contributed by atoms with Crippen molar-refractivity contribution >= 4 is 28.6 Å². The van der Waals surface area contributed by atoms with E-state index in [-0.39, 0.29) is 5.97 Å². The molecule has 2 nitrogen and oxygen atoms in total. The smallest absolute Gasteiger partial charge is 0.338 e. The molecule has 3 heteroatoms. The second-order valence-corrected chi connectivity index (χ2v) is 3.85. The van der Waals surface area contributed by atoms with Gasteiger partial charge in [-0.1, -0.05) is 0 Å². The van der Waals surface area contributed by atoms with E-state index >= 15 is 0 Å². The molecule has 70 valence electrons. The molecule has 0 spiro atoms. The van der Waals surface area contributed by atoms with E-state index in [1.807, 2.05) is 19.1 Å². The molecular formula is C10H11IO2. The standard InChI is InChI=1S/C10H11IO2/c1-3-13-10(12)8-4-5-9(11)7(2)6-8/h4-6H,3H2,1-2H3. The maximum atomic E-state index is 11.3. The fourth-order valence-corrected chi connectivity index (χ4v) is 1.32. The molecule has 0 radical (unpaired) electrons. The monoisotopic (exact) mass is 290 g/mol. The Labute approximate surface area is 91.4 Å². The summed E-state index contributed by atoms with van der Waals surface area (Å²) in [5.41, 5.74) is 1.73. The third-order valence-electron chi connectivity index (χ3n) is 1.67. The maximum absolute atomic E-state index is 11.3. The summed E-state index contributed by atoms with van der Waals surface area (Å²) in [4.78, 5) is 11.3. The predicted octanol–water partition coefficient (Wildman–Crippen LogP) is 2.78. The van der Waals surface area contributed by atoms with Crippen LogP contribution in [-0.4, -0.2) is 12.6 Å². The first kappa shape index (κ1) is 10.5. The van der Waals surface area contributed by atoms with Crippen LogP contribution in [0.1, 0.15) is 22.8 Å². The van der Waals surface area contributed by atoms with Crippen LogP contribution < -0.4 is 0 Å². The molecule has 13 heavy (non-hydrogen) atoms. The minimum absolute atomic E-state index is 0.248. The molecule has 1 aromatic carbocycles. The highest BCUT2D eigenvalue weighted by Gasteiger charge is 2.06. The number of carbonyl (C=O) groups excluding carboxylic acids is 1. The molecule has 0 aromatic heterocycles. The molecule has 0 amide bonds. The Kier molecular flexibility index (Phi) is 3.71. The van der Waals surface area contributed by atoms with Crippen LogP contribution in [0.3, 0.4) is 0 Å². The van der Waals surface area contributed by atoms with Gasteiger partial charge < -0.3 is 4.74 Å². The molecule has 0 aliphatic rings. The first-order chi connectivity index (χ1) is 6.15. The zero-order valence-corrected chi connectivity index (χ0v) is 9.79. The fraction of sp³-hybridized carbons (Fsp3) is 0.300. The summed E-state index contributed by atoms with van der Waals surface area (Å²) in [6, 6.07) is 5.55. The third-order valence-corrected chi connectivity index (χ3v) is 2.88. The first-order valence-electron chi connectivity index (χ1n) is 4.08. The lowest BCUT2D eigenvalue weighted by Gasteiger charge is -2.03. The molecule has 0 bridgehead atoms. The van der Waals surface area contributed by atoms with E-state index in [0.29, 0.717) is 12.2 Å². The van der Waals surface area contributed by atoms with Crippen molar-refractivity contribution in [3.63, 3.8) is 0 Å². The molecule has 0 N–H and O–H groups in total. The molecule has 0 aliphatic heterocycles. The number of aryl methyl sites for hydroxylation is 1. The van der Waals surface area contributed by atoms with Gasteiger partial charge in [0.05, 0.1) is 12.2 Å². The number of benzene rings is 1. The molecule has 0 heterocycles. The van der Waals surface area contributed by atoms with Gasteiger partial charge in [0.25, 0.3) is 0 Å². The maximum Gasteiger partial charge on any atom is 0.338 e. The van der Waals surface area contributed by atoms with Crippen molar-refractivity contribution in [2.45, 2.75) is 13.8 Å². The molecule has 1 rings (SSSR count). The average Bonchev–Trinajstić information content (AvgIpc) is 2.10. The van der Waals surface area contributed by atoms with Crippen LogP contribution in [0.4, 0.5) is 0 Å². The van der Waals surface area contributed by atoms with E-state index in [1.165, 1.54) is 0 Å². The van der Waals surface area contributed by atoms with Gasteiger partial charge in [0, 0.05) is 3.57 Å². The Balaban J connectivity index is 2.90. The topological polar surface area (TPSA) is 26.3 Å². The van der Waals surface area contributed by atoms with Crippen molar-refractivity contribution in [1.82, 2.24) is 0 Å². The molecule has 0 atom stereocenters.